The molecule has 1 amide bonds. The lowest BCUT2D eigenvalue weighted by atomic mass is 10.2. The van der Waals surface area contributed by atoms with Gasteiger partial charge in [-0.1, -0.05) is 18.9 Å². The summed E-state index contributed by atoms with van der Waals surface area (Å²) in [7, 11) is 0. The molecule has 0 radical (unpaired) electrons. The minimum atomic E-state index is 0.0551. The van der Waals surface area contributed by atoms with Crippen LogP contribution in [0.2, 0.25) is 0 Å². The smallest absolute Gasteiger partial charge is 0.266 e. The van der Waals surface area contributed by atoms with Gasteiger partial charge in [0.25, 0.3) is 5.89 Å². The van der Waals surface area contributed by atoms with Gasteiger partial charge in [-0.15, -0.1) is 10.2 Å². The Labute approximate surface area is 123 Å². The van der Waals surface area contributed by atoms with Crippen LogP contribution in [-0.2, 0) is 11.2 Å². The number of rotatable bonds is 5. The molecule has 1 fully saturated rings. The lowest BCUT2D eigenvalue weighted by Gasteiger charge is -2.10. The van der Waals surface area contributed by atoms with Gasteiger partial charge in [-0.25, -0.2) is 0 Å². The molecule has 0 unspecified atom stereocenters. The average Bonchev–Trinajstić information content (AvgIpc) is 3.17. The molecule has 21 heavy (non-hydrogen) atoms. The van der Waals surface area contributed by atoms with E-state index in [1.165, 1.54) is 12.8 Å². The van der Waals surface area contributed by atoms with Crippen molar-refractivity contribution >= 4 is 5.91 Å². The van der Waals surface area contributed by atoms with Crippen molar-refractivity contribution in [3.63, 3.8) is 0 Å². The first-order valence-electron chi connectivity index (χ1n) is 7.34. The molecule has 6 nitrogen and oxygen atoms in total. The number of carbonyl (C=O) groups is 1. The molecule has 110 valence electrons. The fourth-order valence-corrected chi connectivity index (χ4v) is 2.54. The van der Waals surface area contributed by atoms with Crippen LogP contribution in [0.3, 0.4) is 0 Å². The van der Waals surface area contributed by atoms with E-state index in [2.05, 4.69) is 20.5 Å². The van der Waals surface area contributed by atoms with Crippen molar-refractivity contribution in [2.24, 2.45) is 0 Å². The molecule has 2 aromatic rings. The van der Waals surface area contributed by atoms with Gasteiger partial charge in [0.1, 0.15) is 5.69 Å². The summed E-state index contributed by atoms with van der Waals surface area (Å²) < 4.78 is 5.53. The number of nitrogens with one attached hydrogen (secondary N) is 1. The Kier molecular flexibility index (Phi) is 4.23. The Balaban J connectivity index is 1.51. The van der Waals surface area contributed by atoms with Gasteiger partial charge in [0.2, 0.25) is 11.8 Å². The van der Waals surface area contributed by atoms with Gasteiger partial charge in [-0.05, 0) is 25.0 Å². The highest BCUT2D eigenvalue weighted by atomic mass is 16.4. The summed E-state index contributed by atoms with van der Waals surface area (Å²) in [4.78, 5) is 16.0. The van der Waals surface area contributed by atoms with E-state index in [9.17, 15) is 4.79 Å². The summed E-state index contributed by atoms with van der Waals surface area (Å²) >= 11 is 0. The van der Waals surface area contributed by atoms with E-state index in [4.69, 9.17) is 4.42 Å². The van der Waals surface area contributed by atoms with Gasteiger partial charge >= 0.3 is 0 Å². The summed E-state index contributed by atoms with van der Waals surface area (Å²) in [5.74, 6) is 0.915. The van der Waals surface area contributed by atoms with Gasteiger partial charge in [-0.2, -0.15) is 0 Å². The monoisotopic (exact) mass is 286 g/mol. The fourth-order valence-electron chi connectivity index (χ4n) is 2.54. The van der Waals surface area contributed by atoms with Gasteiger partial charge < -0.3 is 9.73 Å². The quantitative estimate of drug-likeness (QED) is 0.910. The van der Waals surface area contributed by atoms with Crippen molar-refractivity contribution in [1.82, 2.24) is 20.5 Å². The molecule has 0 spiro atoms. The molecule has 0 atom stereocenters. The van der Waals surface area contributed by atoms with E-state index >= 15 is 0 Å². The van der Waals surface area contributed by atoms with Crippen LogP contribution in [0.4, 0.5) is 0 Å². The first-order valence-corrected chi connectivity index (χ1v) is 7.34. The first-order chi connectivity index (χ1) is 10.3. The number of hydrogen-bond acceptors (Lipinski definition) is 5. The highest BCUT2D eigenvalue weighted by molar-refractivity contribution is 5.76. The van der Waals surface area contributed by atoms with Crippen LogP contribution in [-0.4, -0.2) is 27.1 Å². The molecule has 0 aromatic carbocycles. The predicted molar refractivity (Wildman–Crippen MR) is 76.2 cm³/mol. The third-order valence-electron chi connectivity index (χ3n) is 3.64. The van der Waals surface area contributed by atoms with Crippen LogP contribution in [0.15, 0.2) is 28.8 Å². The number of aryl methyl sites for hydroxylation is 1. The Morgan fingerprint density at radius 2 is 2.14 bits per heavy atom. The zero-order valence-corrected chi connectivity index (χ0v) is 11.8. The maximum atomic E-state index is 11.8. The van der Waals surface area contributed by atoms with Crippen molar-refractivity contribution in [2.45, 2.75) is 44.6 Å². The summed E-state index contributed by atoms with van der Waals surface area (Å²) in [6.07, 6.45) is 7.11. The molecule has 3 rings (SSSR count). The number of aromatic nitrogens is 3. The molecule has 6 heteroatoms. The molecule has 1 aliphatic carbocycles. The molecule has 0 aliphatic heterocycles. The average molecular weight is 286 g/mol. The molecule has 1 saturated carbocycles. The molecule has 1 N–H and O–H groups in total. The molecule has 0 bridgehead atoms. The molecule has 2 heterocycles. The highest BCUT2D eigenvalue weighted by Gasteiger charge is 2.17. The van der Waals surface area contributed by atoms with Crippen molar-refractivity contribution in [3.8, 4) is 11.6 Å². The Morgan fingerprint density at radius 3 is 2.90 bits per heavy atom. The molecule has 0 saturated heterocycles. The molecular formula is C15H18N4O2. The zero-order valence-electron chi connectivity index (χ0n) is 11.8. The van der Waals surface area contributed by atoms with Gasteiger partial charge in [-0.3, -0.25) is 9.78 Å². The second-order valence-corrected chi connectivity index (χ2v) is 5.26. The summed E-state index contributed by atoms with van der Waals surface area (Å²) in [5.41, 5.74) is 0.645. The fraction of sp³-hybridized carbons (Fsp3) is 0.467. The lowest BCUT2D eigenvalue weighted by molar-refractivity contribution is -0.121. The first kappa shape index (κ1) is 13.7. The third kappa shape index (κ3) is 3.65. The second kappa shape index (κ2) is 6.47. The van der Waals surface area contributed by atoms with Gasteiger partial charge in [0, 0.05) is 25.1 Å². The predicted octanol–water partition coefficient (Wildman–Crippen LogP) is 2.12. The van der Waals surface area contributed by atoms with Crippen LogP contribution < -0.4 is 5.32 Å². The van der Waals surface area contributed by atoms with Gasteiger partial charge in [0.05, 0.1) is 0 Å². The SMILES string of the molecule is O=C(CCc1nnc(-c2ccccn2)o1)NC1CCCC1. The number of nitrogens with zero attached hydrogens (tertiary/aromatic N) is 3. The number of carbonyl (C=O) groups excluding carboxylic acids is 1. The second-order valence-electron chi connectivity index (χ2n) is 5.26. The van der Waals surface area contributed by atoms with Crippen LogP contribution in [0.1, 0.15) is 38.0 Å². The number of amides is 1. The van der Waals surface area contributed by atoms with Crippen molar-refractivity contribution < 1.29 is 9.21 Å². The van der Waals surface area contributed by atoms with Crippen molar-refractivity contribution in [1.29, 1.82) is 0 Å². The number of pyridine rings is 1. The molecule has 2 aromatic heterocycles. The van der Waals surface area contributed by atoms with Gasteiger partial charge in [0.15, 0.2) is 0 Å². The standard InChI is InChI=1S/C15H18N4O2/c20-13(17-11-5-1-2-6-11)8-9-14-18-19-15(21-14)12-7-3-4-10-16-12/h3-4,7,10-11H,1-2,5-6,8-9H2,(H,17,20). The Hall–Kier alpha value is -2.24. The minimum Gasteiger partial charge on any atom is -0.419 e. The van der Waals surface area contributed by atoms with Crippen LogP contribution in [0.25, 0.3) is 11.6 Å². The Bertz CT molecular complexity index is 591. The maximum absolute atomic E-state index is 11.8. The summed E-state index contributed by atoms with van der Waals surface area (Å²) in [6.45, 7) is 0. The van der Waals surface area contributed by atoms with E-state index in [1.54, 1.807) is 6.20 Å². The largest absolute Gasteiger partial charge is 0.419 e. The van der Waals surface area contributed by atoms with Crippen LogP contribution >= 0.6 is 0 Å². The van der Waals surface area contributed by atoms with E-state index < -0.39 is 0 Å². The normalized spacial score (nSPS) is 15.2. The van der Waals surface area contributed by atoms with E-state index in [-0.39, 0.29) is 5.91 Å². The van der Waals surface area contributed by atoms with E-state index in [0.29, 0.717) is 36.4 Å². The van der Waals surface area contributed by atoms with E-state index in [0.717, 1.165) is 12.8 Å². The maximum Gasteiger partial charge on any atom is 0.266 e. The van der Waals surface area contributed by atoms with E-state index in [1.807, 2.05) is 18.2 Å². The molecular weight excluding hydrogens is 268 g/mol. The number of hydrogen-bond donors (Lipinski definition) is 1. The Morgan fingerprint density at radius 1 is 1.29 bits per heavy atom. The lowest BCUT2D eigenvalue weighted by Crippen LogP contribution is -2.32. The topological polar surface area (TPSA) is 80.9 Å². The van der Waals surface area contributed by atoms with Crippen molar-refractivity contribution in [3.05, 3.63) is 30.3 Å². The van der Waals surface area contributed by atoms with Crippen LogP contribution in [0.5, 0.6) is 0 Å². The highest BCUT2D eigenvalue weighted by Crippen LogP contribution is 2.18. The summed E-state index contributed by atoms with van der Waals surface area (Å²) in [6, 6.07) is 5.85. The van der Waals surface area contributed by atoms with Crippen LogP contribution in [0, 0.1) is 0 Å². The minimum absolute atomic E-state index is 0.0551. The third-order valence-corrected chi connectivity index (χ3v) is 3.64. The summed E-state index contributed by atoms with van der Waals surface area (Å²) in [5, 5.41) is 11.0. The molecule has 1 aliphatic rings. The zero-order chi connectivity index (χ0) is 14.5. The van der Waals surface area contributed by atoms with Crippen molar-refractivity contribution in [2.75, 3.05) is 0 Å².